The smallest absolute Gasteiger partial charge is 0.255 e. The van der Waals surface area contributed by atoms with Gasteiger partial charge in [0.05, 0.1) is 19.4 Å². The number of anilines is 1. The van der Waals surface area contributed by atoms with Crippen molar-refractivity contribution in [3.8, 4) is 11.5 Å². The van der Waals surface area contributed by atoms with Crippen molar-refractivity contribution in [3.05, 3.63) is 53.1 Å². The van der Waals surface area contributed by atoms with Gasteiger partial charge in [0.15, 0.2) is 0 Å². The molecule has 0 spiro atoms. The predicted octanol–water partition coefficient (Wildman–Crippen LogP) is 3.96. The zero-order valence-electron chi connectivity index (χ0n) is 13.4. The second-order valence-corrected chi connectivity index (χ2v) is 5.07. The van der Waals surface area contributed by atoms with Crippen molar-refractivity contribution in [2.24, 2.45) is 0 Å². The minimum atomic E-state index is -0.171. The van der Waals surface area contributed by atoms with Crippen LogP contribution >= 0.6 is 0 Å². The summed E-state index contributed by atoms with van der Waals surface area (Å²) in [6.07, 6.45) is 0. The molecule has 0 aliphatic heterocycles. The predicted molar refractivity (Wildman–Crippen MR) is 88.0 cm³/mol. The summed E-state index contributed by atoms with van der Waals surface area (Å²) < 4.78 is 10.8. The van der Waals surface area contributed by atoms with Gasteiger partial charge in [-0.05, 0) is 62.2 Å². The molecule has 116 valence electrons. The fourth-order valence-electron chi connectivity index (χ4n) is 2.22. The van der Waals surface area contributed by atoms with E-state index in [0.717, 1.165) is 16.9 Å². The van der Waals surface area contributed by atoms with Crippen molar-refractivity contribution >= 4 is 11.6 Å². The van der Waals surface area contributed by atoms with Crippen LogP contribution in [0.1, 0.15) is 28.4 Å². The standard InChI is InChI=1S/C18H21NO3/c1-5-22-16-9-7-14(11-13(16)3)18(20)19-15-10-12(2)6-8-17(15)21-4/h6-11H,5H2,1-4H3,(H,19,20). The maximum atomic E-state index is 12.4. The Morgan fingerprint density at radius 2 is 1.82 bits per heavy atom. The number of carbonyl (C=O) groups excluding carboxylic acids is 1. The minimum absolute atomic E-state index is 0.171. The molecule has 0 radical (unpaired) electrons. The fourth-order valence-corrected chi connectivity index (χ4v) is 2.22. The average molecular weight is 299 g/mol. The number of benzene rings is 2. The lowest BCUT2D eigenvalue weighted by molar-refractivity contribution is 0.102. The van der Waals surface area contributed by atoms with Crippen LogP contribution in [0.2, 0.25) is 0 Å². The molecule has 0 fully saturated rings. The first-order valence-corrected chi connectivity index (χ1v) is 7.24. The molecule has 0 saturated heterocycles. The number of rotatable bonds is 5. The van der Waals surface area contributed by atoms with Crippen LogP contribution in [-0.4, -0.2) is 19.6 Å². The van der Waals surface area contributed by atoms with Gasteiger partial charge in [-0.3, -0.25) is 4.79 Å². The number of hydrogen-bond acceptors (Lipinski definition) is 3. The molecular formula is C18H21NO3. The lowest BCUT2D eigenvalue weighted by Crippen LogP contribution is -2.13. The van der Waals surface area contributed by atoms with Gasteiger partial charge in [0, 0.05) is 5.56 Å². The summed E-state index contributed by atoms with van der Waals surface area (Å²) in [6.45, 7) is 6.43. The van der Waals surface area contributed by atoms with E-state index in [0.29, 0.717) is 23.6 Å². The lowest BCUT2D eigenvalue weighted by atomic mass is 10.1. The number of methoxy groups -OCH3 is 1. The summed E-state index contributed by atoms with van der Waals surface area (Å²) >= 11 is 0. The van der Waals surface area contributed by atoms with E-state index in [1.54, 1.807) is 13.2 Å². The van der Waals surface area contributed by atoms with Crippen LogP contribution < -0.4 is 14.8 Å². The molecule has 0 heterocycles. The van der Waals surface area contributed by atoms with E-state index in [-0.39, 0.29) is 5.91 Å². The monoisotopic (exact) mass is 299 g/mol. The molecule has 0 aliphatic rings. The summed E-state index contributed by atoms with van der Waals surface area (Å²) in [7, 11) is 1.58. The number of ether oxygens (including phenoxy) is 2. The number of aryl methyl sites for hydroxylation is 2. The third kappa shape index (κ3) is 3.58. The Labute approximate surface area is 131 Å². The third-order valence-corrected chi connectivity index (χ3v) is 3.34. The van der Waals surface area contributed by atoms with E-state index in [2.05, 4.69) is 5.32 Å². The maximum Gasteiger partial charge on any atom is 0.255 e. The van der Waals surface area contributed by atoms with E-state index in [1.165, 1.54) is 0 Å². The summed E-state index contributed by atoms with van der Waals surface area (Å²) in [6, 6.07) is 11.1. The first-order chi connectivity index (χ1) is 10.5. The molecule has 2 rings (SSSR count). The van der Waals surface area contributed by atoms with Crippen molar-refractivity contribution in [1.82, 2.24) is 0 Å². The quantitative estimate of drug-likeness (QED) is 0.909. The summed E-state index contributed by atoms with van der Waals surface area (Å²) in [5, 5.41) is 2.89. The van der Waals surface area contributed by atoms with Crippen molar-refractivity contribution in [3.63, 3.8) is 0 Å². The highest BCUT2D eigenvalue weighted by Gasteiger charge is 2.11. The second kappa shape index (κ2) is 6.98. The van der Waals surface area contributed by atoms with Gasteiger partial charge in [0.2, 0.25) is 0 Å². The Morgan fingerprint density at radius 3 is 2.45 bits per heavy atom. The van der Waals surface area contributed by atoms with Crippen LogP contribution in [0, 0.1) is 13.8 Å². The number of carbonyl (C=O) groups is 1. The van der Waals surface area contributed by atoms with Crippen molar-refractivity contribution in [2.45, 2.75) is 20.8 Å². The van der Waals surface area contributed by atoms with Gasteiger partial charge in [-0.1, -0.05) is 6.07 Å². The summed E-state index contributed by atoms with van der Waals surface area (Å²) in [4.78, 5) is 12.4. The van der Waals surface area contributed by atoms with Gasteiger partial charge >= 0.3 is 0 Å². The molecule has 4 nitrogen and oxygen atoms in total. The zero-order chi connectivity index (χ0) is 16.1. The molecule has 0 saturated carbocycles. The Kier molecular flexibility index (Phi) is 5.04. The Hall–Kier alpha value is -2.49. The molecule has 4 heteroatoms. The molecule has 1 N–H and O–H groups in total. The highest BCUT2D eigenvalue weighted by molar-refractivity contribution is 6.05. The second-order valence-electron chi connectivity index (χ2n) is 5.07. The first-order valence-electron chi connectivity index (χ1n) is 7.24. The molecule has 2 aromatic carbocycles. The van der Waals surface area contributed by atoms with E-state index in [4.69, 9.17) is 9.47 Å². The van der Waals surface area contributed by atoms with Crippen LogP contribution in [-0.2, 0) is 0 Å². The molecule has 0 bridgehead atoms. The van der Waals surface area contributed by atoms with Crippen molar-refractivity contribution in [2.75, 3.05) is 19.0 Å². The number of nitrogens with one attached hydrogen (secondary N) is 1. The summed E-state index contributed by atoms with van der Waals surface area (Å²) in [5.41, 5.74) is 3.24. The van der Waals surface area contributed by atoms with Gasteiger partial charge < -0.3 is 14.8 Å². The Bertz CT molecular complexity index is 680. The van der Waals surface area contributed by atoms with Gasteiger partial charge in [0.1, 0.15) is 11.5 Å². The number of hydrogen-bond donors (Lipinski definition) is 1. The lowest BCUT2D eigenvalue weighted by Gasteiger charge is -2.12. The van der Waals surface area contributed by atoms with Gasteiger partial charge in [-0.15, -0.1) is 0 Å². The largest absolute Gasteiger partial charge is 0.495 e. The third-order valence-electron chi connectivity index (χ3n) is 3.34. The molecule has 0 aliphatic carbocycles. The Morgan fingerprint density at radius 1 is 1.09 bits per heavy atom. The molecule has 0 aromatic heterocycles. The van der Waals surface area contributed by atoms with E-state index >= 15 is 0 Å². The molecule has 2 aromatic rings. The molecule has 0 atom stereocenters. The van der Waals surface area contributed by atoms with Crippen LogP contribution in [0.3, 0.4) is 0 Å². The van der Waals surface area contributed by atoms with Gasteiger partial charge in [-0.2, -0.15) is 0 Å². The van der Waals surface area contributed by atoms with E-state index < -0.39 is 0 Å². The van der Waals surface area contributed by atoms with E-state index in [1.807, 2.05) is 51.1 Å². The Balaban J connectivity index is 2.22. The average Bonchev–Trinajstić information content (AvgIpc) is 2.49. The zero-order valence-corrected chi connectivity index (χ0v) is 13.4. The van der Waals surface area contributed by atoms with Crippen molar-refractivity contribution < 1.29 is 14.3 Å². The topological polar surface area (TPSA) is 47.6 Å². The minimum Gasteiger partial charge on any atom is -0.495 e. The van der Waals surface area contributed by atoms with Gasteiger partial charge in [-0.25, -0.2) is 0 Å². The van der Waals surface area contributed by atoms with Crippen LogP contribution in [0.5, 0.6) is 11.5 Å². The fraction of sp³-hybridized carbons (Fsp3) is 0.278. The molecule has 0 unspecified atom stereocenters. The van der Waals surface area contributed by atoms with E-state index in [9.17, 15) is 4.79 Å². The molecule has 22 heavy (non-hydrogen) atoms. The number of amides is 1. The van der Waals surface area contributed by atoms with Crippen molar-refractivity contribution in [1.29, 1.82) is 0 Å². The molecule has 1 amide bonds. The van der Waals surface area contributed by atoms with Crippen LogP contribution in [0.15, 0.2) is 36.4 Å². The highest BCUT2D eigenvalue weighted by Crippen LogP contribution is 2.26. The van der Waals surface area contributed by atoms with Crippen LogP contribution in [0.4, 0.5) is 5.69 Å². The summed E-state index contributed by atoms with van der Waals surface area (Å²) in [5.74, 6) is 1.27. The SMILES string of the molecule is CCOc1ccc(C(=O)Nc2cc(C)ccc2OC)cc1C. The first kappa shape index (κ1) is 15.9. The normalized spacial score (nSPS) is 10.2. The van der Waals surface area contributed by atoms with Gasteiger partial charge in [0.25, 0.3) is 5.91 Å². The van der Waals surface area contributed by atoms with Crippen LogP contribution in [0.25, 0.3) is 0 Å². The molecular weight excluding hydrogens is 278 g/mol. The highest BCUT2D eigenvalue weighted by atomic mass is 16.5. The maximum absolute atomic E-state index is 12.4.